The van der Waals surface area contributed by atoms with E-state index in [0.717, 1.165) is 22.8 Å². The lowest BCUT2D eigenvalue weighted by atomic mass is 10.0. The molecule has 0 saturated carbocycles. The predicted octanol–water partition coefficient (Wildman–Crippen LogP) is 3.63. The molecule has 0 saturated heterocycles. The van der Waals surface area contributed by atoms with Crippen LogP contribution in [0.1, 0.15) is 60.1 Å². The van der Waals surface area contributed by atoms with Crippen LogP contribution in [-0.4, -0.2) is 21.8 Å². The van der Waals surface area contributed by atoms with Gasteiger partial charge in [0.15, 0.2) is 0 Å². The van der Waals surface area contributed by atoms with E-state index in [2.05, 4.69) is 34.4 Å². The molecular formula is C18H24N4O2S. The van der Waals surface area contributed by atoms with Gasteiger partial charge in [-0.25, -0.2) is 4.98 Å². The van der Waals surface area contributed by atoms with Crippen LogP contribution in [0.5, 0.6) is 0 Å². The zero-order valence-electron chi connectivity index (χ0n) is 15.2. The first-order valence-electron chi connectivity index (χ1n) is 8.24. The van der Waals surface area contributed by atoms with Gasteiger partial charge < -0.3 is 10.6 Å². The van der Waals surface area contributed by atoms with Crippen LogP contribution < -0.4 is 10.6 Å². The summed E-state index contributed by atoms with van der Waals surface area (Å²) < 4.78 is 0. The third-order valence-electron chi connectivity index (χ3n) is 3.61. The van der Waals surface area contributed by atoms with Crippen LogP contribution in [-0.2, 0) is 4.79 Å². The number of carbonyl (C=O) groups excluding carboxylic acids is 2. The number of hydrogen-bond acceptors (Lipinski definition) is 5. The fourth-order valence-corrected chi connectivity index (χ4v) is 3.36. The van der Waals surface area contributed by atoms with Crippen LogP contribution in [0.4, 0.5) is 5.69 Å². The molecule has 0 aliphatic carbocycles. The Morgan fingerprint density at radius 3 is 2.52 bits per heavy atom. The maximum absolute atomic E-state index is 12.4. The Labute approximate surface area is 152 Å². The van der Waals surface area contributed by atoms with Gasteiger partial charge in [0, 0.05) is 18.0 Å². The van der Waals surface area contributed by atoms with E-state index in [0.29, 0.717) is 17.3 Å². The van der Waals surface area contributed by atoms with E-state index in [9.17, 15) is 9.59 Å². The van der Waals surface area contributed by atoms with Crippen LogP contribution in [0.2, 0.25) is 0 Å². The van der Waals surface area contributed by atoms with Gasteiger partial charge in [0.05, 0.1) is 17.4 Å². The lowest BCUT2D eigenvalue weighted by Gasteiger charge is -2.17. The summed E-state index contributed by atoms with van der Waals surface area (Å²) in [7, 11) is 0. The number of rotatable bonds is 6. The smallest absolute Gasteiger partial charge is 0.275 e. The molecule has 0 unspecified atom stereocenters. The average molecular weight is 360 g/mol. The van der Waals surface area contributed by atoms with E-state index in [4.69, 9.17) is 0 Å². The number of carbonyl (C=O) groups is 2. The molecule has 0 fully saturated rings. The maximum atomic E-state index is 12.4. The quantitative estimate of drug-likeness (QED) is 0.824. The molecule has 6 nitrogen and oxygen atoms in total. The summed E-state index contributed by atoms with van der Waals surface area (Å²) in [6.45, 7) is 9.42. The number of thiazole rings is 1. The minimum Gasteiger partial charge on any atom is -0.347 e. The van der Waals surface area contributed by atoms with Gasteiger partial charge in [-0.2, -0.15) is 0 Å². The average Bonchev–Trinajstić information content (AvgIpc) is 2.98. The van der Waals surface area contributed by atoms with Crippen LogP contribution in [0.15, 0.2) is 17.5 Å². The van der Waals surface area contributed by atoms with E-state index < -0.39 is 0 Å². The van der Waals surface area contributed by atoms with Gasteiger partial charge in [-0.15, -0.1) is 11.3 Å². The van der Waals surface area contributed by atoms with Crippen molar-refractivity contribution in [1.82, 2.24) is 15.3 Å². The summed E-state index contributed by atoms with van der Waals surface area (Å²) in [5, 5.41) is 8.22. The highest BCUT2D eigenvalue weighted by atomic mass is 32.1. The predicted molar refractivity (Wildman–Crippen MR) is 99.8 cm³/mol. The second kappa shape index (κ2) is 8.20. The molecule has 2 N–H and O–H groups in total. The first-order chi connectivity index (χ1) is 11.8. The first-order valence-corrected chi connectivity index (χ1v) is 9.12. The number of amides is 2. The molecule has 0 aromatic carbocycles. The standard InChI is InChI=1S/C18H24N4O2S/c1-10(2)8-15(20-13(5)23)18-22-16(9-25-18)17(24)21-14-7-6-11(3)19-12(14)4/h6-7,9-10,15H,8H2,1-5H3,(H,20,23)(H,21,24)/t15-/m1/s1. The summed E-state index contributed by atoms with van der Waals surface area (Å²) in [6.07, 6.45) is 0.773. The number of nitrogens with one attached hydrogen (secondary N) is 2. The zero-order valence-corrected chi connectivity index (χ0v) is 16.0. The molecule has 0 spiro atoms. The fourth-order valence-electron chi connectivity index (χ4n) is 2.50. The van der Waals surface area contributed by atoms with Gasteiger partial charge in [-0.1, -0.05) is 13.8 Å². The number of pyridine rings is 1. The first kappa shape index (κ1) is 19.1. The Hall–Kier alpha value is -2.28. The molecular weight excluding hydrogens is 336 g/mol. The van der Waals surface area contributed by atoms with Crippen LogP contribution >= 0.6 is 11.3 Å². The molecule has 2 aromatic rings. The Balaban J connectivity index is 2.15. The van der Waals surface area contributed by atoms with Gasteiger partial charge in [0.2, 0.25) is 5.91 Å². The number of aryl methyl sites for hydroxylation is 2. The highest BCUT2D eigenvalue weighted by molar-refractivity contribution is 7.10. The van der Waals surface area contributed by atoms with Crippen molar-refractivity contribution in [3.63, 3.8) is 0 Å². The zero-order chi connectivity index (χ0) is 18.6. The fraction of sp³-hybridized carbons (Fsp3) is 0.444. The number of anilines is 1. The molecule has 0 bridgehead atoms. The van der Waals surface area contributed by atoms with Crippen molar-refractivity contribution in [2.75, 3.05) is 5.32 Å². The van der Waals surface area contributed by atoms with Crippen LogP contribution in [0.25, 0.3) is 0 Å². The number of hydrogen-bond donors (Lipinski definition) is 2. The van der Waals surface area contributed by atoms with Gasteiger partial charge in [-0.05, 0) is 38.3 Å². The van der Waals surface area contributed by atoms with Gasteiger partial charge in [0.1, 0.15) is 10.7 Å². The van der Waals surface area contributed by atoms with E-state index in [1.165, 1.54) is 18.3 Å². The molecule has 25 heavy (non-hydrogen) atoms. The SMILES string of the molecule is CC(=O)N[C@H](CC(C)C)c1nc(C(=O)Nc2ccc(C)nc2C)cs1. The van der Waals surface area contributed by atoms with E-state index in [1.807, 2.05) is 26.0 Å². The Bertz CT molecular complexity index is 770. The molecule has 0 aliphatic heterocycles. The minimum atomic E-state index is -0.276. The Morgan fingerprint density at radius 1 is 1.20 bits per heavy atom. The molecule has 2 amide bonds. The highest BCUT2D eigenvalue weighted by Gasteiger charge is 2.20. The van der Waals surface area contributed by atoms with Gasteiger partial charge in [-0.3, -0.25) is 14.6 Å². The summed E-state index contributed by atoms with van der Waals surface area (Å²) >= 11 is 1.38. The van der Waals surface area contributed by atoms with Crippen molar-refractivity contribution in [3.05, 3.63) is 39.6 Å². The molecule has 0 aliphatic rings. The monoisotopic (exact) mass is 360 g/mol. The minimum absolute atomic E-state index is 0.104. The van der Waals surface area contributed by atoms with Crippen molar-refractivity contribution >= 4 is 28.8 Å². The third-order valence-corrected chi connectivity index (χ3v) is 4.57. The summed E-state index contributed by atoms with van der Waals surface area (Å²) in [6, 6.07) is 3.51. The molecule has 2 heterocycles. The molecule has 1 atom stereocenters. The van der Waals surface area contributed by atoms with Crippen LogP contribution in [0, 0.1) is 19.8 Å². The lowest BCUT2D eigenvalue weighted by molar-refractivity contribution is -0.119. The summed E-state index contributed by atoms with van der Waals surface area (Å²) in [5.74, 6) is 0.0230. The second-order valence-corrected chi connectivity index (χ2v) is 7.38. The Morgan fingerprint density at radius 2 is 1.92 bits per heavy atom. The van der Waals surface area contributed by atoms with Crippen molar-refractivity contribution in [3.8, 4) is 0 Å². The van der Waals surface area contributed by atoms with Crippen molar-refractivity contribution in [1.29, 1.82) is 0 Å². The third kappa shape index (κ3) is 5.35. The van der Waals surface area contributed by atoms with Crippen molar-refractivity contribution < 1.29 is 9.59 Å². The molecule has 2 aromatic heterocycles. The maximum Gasteiger partial charge on any atom is 0.275 e. The topological polar surface area (TPSA) is 84.0 Å². The van der Waals surface area contributed by atoms with Crippen molar-refractivity contribution in [2.24, 2.45) is 5.92 Å². The van der Waals surface area contributed by atoms with Gasteiger partial charge in [0.25, 0.3) is 5.91 Å². The molecule has 7 heteroatoms. The summed E-state index contributed by atoms with van der Waals surface area (Å²) in [5.41, 5.74) is 2.68. The summed E-state index contributed by atoms with van der Waals surface area (Å²) in [4.78, 5) is 32.7. The van der Waals surface area contributed by atoms with Gasteiger partial charge >= 0.3 is 0 Å². The highest BCUT2D eigenvalue weighted by Crippen LogP contribution is 2.25. The normalized spacial score (nSPS) is 12.1. The number of nitrogens with zero attached hydrogens (tertiary/aromatic N) is 2. The molecule has 134 valence electrons. The second-order valence-electron chi connectivity index (χ2n) is 6.49. The number of aromatic nitrogens is 2. The van der Waals surface area contributed by atoms with Crippen molar-refractivity contribution in [2.45, 2.75) is 47.1 Å². The van der Waals surface area contributed by atoms with E-state index >= 15 is 0 Å². The molecule has 0 radical (unpaired) electrons. The van der Waals surface area contributed by atoms with Crippen LogP contribution in [0.3, 0.4) is 0 Å². The Kier molecular flexibility index (Phi) is 6.25. The largest absolute Gasteiger partial charge is 0.347 e. The van der Waals surface area contributed by atoms with E-state index in [1.54, 1.807) is 5.38 Å². The molecule has 2 rings (SSSR count). The lowest BCUT2D eigenvalue weighted by Crippen LogP contribution is -2.27. The van der Waals surface area contributed by atoms with E-state index in [-0.39, 0.29) is 17.9 Å².